The fraction of sp³-hybridized carbons (Fsp3) is 0.0714. The molecule has 0 saturated carbocycles. The molecule has 0 unspecified atom stereocenters. The zero-order valence-electron chi connectivity index (χ0n) is 11.3. The van der Waals surface area contributed by atoms with Crippen molar-refractivity contribution in [2.24, 2.45) is 0 Å². The van der Waals surface area contributed by atoms with Gasteiger partial charge in [0.15, 0.2) is 6.61 Å². The average molecular weight is 394 g/mol. The Hall–Kier alpha value is -1.53. The number of esters is 1. The van der Waals surface area contributed by atoms with Gasteiger partial charge >= 0.3 is 5.97 Å². The third-order valence-electron chi connectivity index (χ3n) is 2.57. The van der Waals surface area contributed by atoms with Gasteiger partial charge < -0.3 is 10.1 Å². The fourth-order valence-electron chi connectivity index (χ4n) is 1.52. The van der Waals surface area contributed by atoms with Crippen LogP contribution in [0.2, 0.25) is 20.2 Å². The lowest BCUT2D eigenvalue weighted by molar-refractivity contribution is -0.119. The minimum absolute atomic E-state index is 0.0679. The minimum atomic E-state index is -0.756. The molecule has 0 bridgehead atoms. The minimum Gasteiger partial charge on any atom is -0.452 e. The predicted molar refractivity (Wildman–Crippen MR) is 89.6 cm³/mol. The standard InChI is InChI=1S/C14H8Cl4N2O3/c15-8-1-2-11(9(16)4-8)20-12(21)6-23-14(22)7-3-10(17)13(18)19-5-7/h1-5H,6H2,(H,20,21). The highest BCUT2D eigenvalue weighted by molar-refractivity contribution is 6.41. The van der Waals surface area contributed by atoms with Gasteiger partial charge in [0, 0.05) is 11.2 Å². The van der Waals surface area contributed by atoms with E-state index < -0.39 is 18.5 Å². The van der Waals surface area contributed by atoms with Crippen LogP contribution in [-0.4, -0.2) is 23.5 Å². The molecule has 0 aliphatic rings. The maximum absolute atomic E-state index is 11.8. The van der Waals surface area contributed by atoms with E-state index in [-0.39, 0.29) is 20.8 Å². The Bertz CT molecular complexity index is 768. The number of benzene rings is 1. The number of halogens is 4. The number of ether oxygens (including phenoxy) is 1. The van der Waals surface area contributed by atoms with Crippen molar-refractivity contribution in [3.8, 4) is 0 Å². The van der Waals surface area contributed by atoms with E-state index in [1.54, 1.807) is 6.07 Å². The zero-order valence-corrected chi connectivity index (χ0v) is 14.3. The van der Waals surface area contributed by atoms with Crippen molar-refractivity contribution in [3.63, 3.8) is 0 Å². The van der Waals surface area contributed by atoms with Gasteiger partial charge in [-0.05, 0) is 24.3 Å². The molecule has 0 spiro atoms. The van der Waals surface area contributed by atoms with Gasteiger partial charge in [0.05, 0.1) is 21.3 Å². The Labute approximate surface area is 151 Å². The van der Waals surface area contributed by atoms with E-state index in [1.807, 2.05) is 0 Å². The van der Waals surface area contributed by atoms with Crippen molar-refractivity contribution >= 4 is 64.0 Å². The lowest BCUT2D eigenvalue weighted by Gasteiger charge is -2.08. The molecule has 0 fully saturated rings. The first-order valence-corrected chi connectivity index (χ1v) is 7.61. The van der Waals surface area contributed by atoms with Crippen LogP contribution in [0.15, 0.2) is 30.5 Å². The summed E-state index contributed by atoms with van der Waals surface area (Å²) in [6.07, 6.45) is 1.20. The van der Waals surface area contributed by atoms with E-state index in [0.29, 0.717) is 10.7 Å². The number of anilines is 1. The number of carbonyl (C=O) groups excluding carboxylic acids is 2. The molecule has 23 heavy (non-hydrogen) atoms. The van der Waals surface area contributed by atoms with Gasteiger partial charge in [-0.3, -0.25) is 4.79 Å². The van der Waals surface area contributed by atoms with Gasteiger partial charge in [-0.25, -0.2) is 9.78 Å². The molecule has 0 radical (unpaired) electrons. The molecule has 1 aromatic carbocycles. The smallest absolute Gasteiger partial charge is 0.340 e. The number of amides is 1. The molecule has 2 rings (SSSR count). The number of hydrogen-bond donors (Lipinski definition) is 1. The van der Waals surface area contributed by atoms with Gasteiger partial charge in [-0.15, -0.1) is 0 Å². The molecule has 1 heterocycles. The third-order valence-corrected chi connectivity index (χ3v) is 3.81. The molecule has 120 valence electrons. The van der Waals surface area contributed by atoms with Crippen molar-refractivity contribution < 1.29 is 14.3 Å². The number of pyridine rings is 1. The van der Waals surface area contributed by atoms with Gasteiger partial charge in [-0.2, -0.15) is 0 Å². The average Bonchev–Trinajstić information content (AvgIpc) is 2.50. The van der Waals surface area contributed by atoms with E-state index in [1.165, 1.54) is 24.4 Å². The summed E-state index contributed by atoms with van der Waals surface area (Å²) in [5.41, 5.74) is 0.435. The van der Waals surface area contributed by atoms with E-state index in [2.05, 4.69) is 10.3 Å². The van der Waals surface area contributed by atoms with Crippen LogP contribution in [-0.2, 0) is 9.53 Å². The summed E-state index contributed by atoms with van der Waals surface area (Å²) >= 11 is 23.1. The molecule has 5 nitrogen and oxygen atoms in total. The second kappa shape index (κ2) is 7.84. The molecular formula is C14H8Cl4N2O3. The summed E-state index contributed by atoms with van der Waals surface area (Å²) in [5, 5.41) is 3.38. The Morgan fingerprint density at radius 2 is 1.83 bits per heavy atom. The fourth-order valence-corrected chi connectivity index (χ4v) is 2.25. The molecule has 1 amide bonds. The maximum Gasteiger partial charge on any atom is 0.340 e. The SMILES string of the molecule is O=C(COC(=O)c1cnc(Cl)c(Cl)c1)Nc1ccc(Cl)cc1Cl. The second-order valence-electron chi connectivity index (χ2n) is 4.25. The van der Waals surface area contributed by atoms with Gasteiger partial charge in [0.1, 0.15) is 5.15 Å². The zero-order chi connectivity index (χ0) is 17.0. The lowest BCUT2D eigenvalue weighted by Crippen LogP contribution is -2.21. The van der Waals surface area contributed by atoms with Crippen molar-refractivity contribution in [2.45, 2.75) is 0 Å². The third kappa shape index (κ3) is 4.97. The van der Waals surface area contributed by atoms with E-state index >= 15 is 0 Å². The van der Waals surface area contributed by atoms with E-state index in [9.17, 15) is 9.59 Å². The Morgan fingerprint density at radius 1 is 1.09 bits per heavy atom. The lowest BCUT2D eigenvalue weighted by atomic mass is 10.3. The second-order valence-corrected chi connectivity index (χ2v) is 5.85. The van der Waals surface area contributed by atoms with Crippen LogP contribution in [0.3, 0.4) is 0 Å². The Morgan fingerprint density at radius 3 is 2.48 bits per heavy atom. The molecule has 0 atom stereocenters. The molecule has 1 N–H and O–H groups in total. The van der Waals surface area contributed by atoms with Gasteiger partial charge in [0.2, 0.25) is 0 Å². The van der Waals surface area contributed by atoms with Crippen molar-refractivity contribution in [3.05, 3.63) is 56.2 Å². The number of aromatic nitrogens is 1. The summed E-state index contributed by atoms with van der Waals surface area (Å²) in [4.78, 5) is 27.3. The number of hydrogen-bond acceptors (Lipinski definition) is 4. The van der Waals surface area contributed by atoms with Gasteiger partial charge in [-0.1, -0.05) is 46.4 Å². The van der Waals surface area contributed by atoms with Crippen LogP contribution >= 0.6 is 46.4 Å². The summed E-state index contributed by atoms with van der Waals surface area (Å²) in [6.45, 7) is -0.502. The maximum atomic E-state index is 11.8. The first-order valence-electron chi connectivity index (χ1n) is 6.10. The first-order chi connectivity index (χ1) is 10.9. The highest BCUT2D eigenvalue weighted by Gasteiger charge is 2.13. The predicted octanol–water partition coefficient (Wildman–Crippen LogP) is 4.49. The topological polar surface area (TPSA) is 68.3 Å². The summed E-state index contributed by atoms with van der Waals surface area (Å²) in [5.74, 6) is -1.32. The monoisotopic (exact) mass is 392 g/mol. The van der Waals surface area contributed by atoms with Crippen LogP contribution in [0, 0.1) is 0 Å². The molecule has 2 aromatic rings. The highest BCUT2D eigenvalue weighted by Crippen LogP contribution is 2.25. The summed E-state index contributed by atoms with van der Waals surface area (Å²) in [6, 6.07) is 5.88. The van der Waals surface area contributed by atoms with Crippen molar-refractivity contribution in [2.75, 3.05) is 11.9 Å². The summed E-state index contributed by atoms with van der Waals surface area (Å²) in [7, 11) is 0. The Balaban J connectivity index is 1.93. The number of nitrogens with one attached hydrogen (secondary N) is 1. The van der Waals surface area contributed by atoms with Gasteiger partial charge in [0.25, 0.3) is 5.91 Å². The molecule has 9 heteroatoms. The van der Waals surface area contributed by atoms with Crippen molar-refractivity contribution in [1.29, 1.82) is 0 Å². The quantitative estimate of drug-likeness (QED) is 0.613. The van der Waals surface area contributed by atoms with Crippen LogP contribution in [0.5, 0.6) is 0 Å². The Kier molecular flexibility index (Phi) is 6.07. The molecule has 1 aromatic heterocycles. The molecule has 0 aliphatic heterocycles. The normalized spacial score (nSPS) is 10.3. The molecule has 0 saturated heterocycles. The highest BCUT2D eigenvalue weighted by atomic mass is 35.5. The first kappa shape index (κ1) is 17.8. The van der Waals surface area contributed by atoms with E-state index in [4.69, 9.17) is 51.1 Å². The molecular weight excluding hydrogens is 386 g/mol. The van der Waals surface area contributed by atoms with Crippen LogP contribution < -0.4 is 5.32 Å². The van der Waals surface area contributed by atoms with Crippen molar-refractivity contribution in [1.82, 2.24) is 4.98 Å². The number of carbonyl (C=O) groups is 2. The summed E-state index contributed by atoms with van der Waals surface area (Å²) < 4.78 is 4.86. The largest absolute Gasteiger partial charge is 0.452 e. The van der Waals surface area contributed by atoms with E-state index in [0.717, 1.165) is 0 Å². The number of nitrogens with zero attached hydrogens (tertiary/aromatic N) is 1. The molecule has 0 aliphatic carbocycles. The van der Waals surface area contributed by atoms with Crippen LogP contribution in [0.4, 0.5) is 5.69 Å². The van der Waals surface area contributed by atoms with Crippen LogP contribution in [0.1, 0.15) is 10.4 Å². The number of rotatable bonds is 4. The van der Waals surface area contributed by atoms with Crippen LogP contribution in [0.25, 0.3) is 0 Å².